The first-order valence-corrected chi connectivity index (χ1v) is 11.8. The molecule has 0 saturated carbocycles. The summed E-state index contributed by atoms with van der Waals surface area (Å²) >= 11 is 5.63. The standard InChI is InChI=1S/C15H20OS.C7H5Cl.C2H6/c1-15(2)10-9-13(11-15)12-5-7-14(8-6-12)17(3,4)16;8-7-5-3-1-2-4-6-7;1-2/h5-9H,3,10-11H2,1-2,4H3;1,3,5H,6H2;1-2H3. The van der Waals surface area contributed by atoms with E-state index in [-0.39, 0.29) is 0 Å². The van der Waals surface area contributed by atoms with Crippen LogP contribution >= 0.6 is 11.6 Å². The quantitative estimate of drug-likeness (QED) is 0.397. The maximum absolute atomic E-state index is 11.8. The molecule has 1 unspecified atom stereocenters. The molecule has 0 spiro atoms. The SMILES string of the molecule is C=S(C)(=O)c1ccc(C2=CCC(C)(C)C2)cc1.CC.ClC1=CC=CC#CC1. The van der Waals surface area contributed by atoms with Crippen molar-refractivity contribution in [3.8, 4) is 11.8 Å². The molecule has 146 valence electrons. The normalized spacial score (nSPS) is 18.7. The number of benzene rings is 1. The van der Waals surface area contributed by atoms with E-state index in [1.54, 1.807) is 12.3 Å². The number of halogens is 1. The van der Waals surface area contributed by atoms with Crippen LogP contribution in [0.25, 0.3) is 5.57 Å². The Morgan fingerprint density at radius 3 is 2.33 bits per heavy atom. The molecule has 0 fully saturated rings. The predicted octanol–water partition coefficient (Wildman–Crippen LogP) is 6.69. The summed E-state index contributed by atoms with van der Waals surface area (Å²) in [6.45, 7) is 8.58. The van der Waals surface area contributed by atoms with Crippen molar-refractivity contribution in [2.24, 2.45) is 5.41 Å². The summed E-state index contributed by atoms with van der Waals surface area (Å²) in [4.78, 5) is 0.833. The van der Waals surface area contributed by atoms with Gasteiger partial charge in [-0.2, -0.15) is 0 Å². The van der Waals surface area contributed by atoms with Crippen LogP contribution in [0.5, 0.6) is 0 Å². The highest BCUT2D eigenvalue weighted by molar-refractivity contribution is 7.99. The second kappa shape index (κ2) is 10.6. The summed E-state index contributed by atoms with van der Waals surface area (Å²) < 4.78 is 11.8. The van der Waals surface area contributed by atoms with Crippen LogP contribution in [0.15, 0.2) is 58.5 Å². The van der Waals surface area contributed by atoms with Gasteiger partial charge in [0.15, 0.2) is 0 Å². The van der Waals surface area contributed by atoms with Gasteiger partial charge in [-0.05, 0) is 69.1 Å². The smallest absolute Gasteiger partial charge is 0.0451 e. The average Bonchev–Trinajstić information content (AvgIpc) is 2.82. The van der Waals surface area contributed by atoms with E-state index < -0.39 is 9.52 Å². The maximum atomic E-state index is 11.8. The molecular formula is C24H31ClOS. The minimum atomic E-state index is -2.09. The van der Waals surface area contributed by atoms with E-state index in [9.17, 15) is 4.21 Å². The number of rotatable bonds is 2. The Labute approximate surface area is 171 Å². The van der Waals surface area contributed by atoms with E-state index in [2.05, 4.69) is 49.8 Å². The highest BCUT2D eigenvalue weighted by Crippen LogP contribution is 2.40. The van der Waals surface area contributed by atoms with E-state index >= 15 is 0 Å². The Balaban J connectivity index is 0.000000305. The molecule has 0 aliphatic heterocycles. The van der Waals surface area contributed by atoms with E-state index in [4.69, 9.17) is 11.6 Å². The second-order valence-electron chi connectivity index (χ2n) is 7.27. The highest BCUT2D eigenvalue weighted by atomic mass is 35.5. The van der Waals surface area contributed by atoms with Gasteiger partial charge in [-0.25, -0.2) is 0 Å². The van der Waals surface area contributed by atoms with Crippen molar-refractivity contribution in [2.45, 2.75) is 51.9 Å². The van der Waals surface area contributed by atoms with Crippen LogP contribution in [0.3, 0.4) is 0 Å². The average molecular weight is 403 g/mol. The van der Waals surface area contributed by atoms with Crippen LogP contribution in [0.2, 0.25) is 0 Å². The first-order chi connectivity index (χ1) is 12.7. The van der Waals surface area contributed by atoms with Crippen LogP contribution in [0.1, 0.15) is 52.5 Å². The zero-order valence-electron chi connectivity index (χ0n) is 17.1. The lowest BCUT2D eigenvalue weighted by atomic mass is 9.88. The summed E-state index contributed by atoms with van der Waals surface area (Å²) in [5, 5.41) is 0.811. The van der Waals surface area contributed by atoms with Crippen LogP contribution in [-0.2, 0) is 9.52 Å². The largest absolute Gasteiger partial charge is 0.263 e. The Hall–Kier alpha value is -1.69. The van der Waals surface area contributed by atoms with Crippen molar-refractivity contribution in [1.29, 1.82) is 0 Å². The van der Waals surface area contributed by atoms with Crippen molar-refractivity contribution >= 4 is 32.6 Å². The topological polar surface area (TPSA) is 17.1 Å². The zero-order chi connectivity index (χ0) is 20.5. The molecule has 0 bridgehead atoms. The van der Waals surface area contributed by atoms with Gasteiger partial charge in [0.1, 0.15) is 0 Å². The highest BCUT2D eigenvalue weighted by Gasteiger charge is 2.24. The molecule has 1 nitrogen and oxygen atoms in total. The van der Waals surface area contributed by atoms with Gasteiger partial charge in [0, 0.05) is 22.6 Å². The molecule has 3 rings (SSSR count). The lowest BCUT2D eigenvalue weighted by molar-refractivity contribution is 0.403. The Morgan fingerprint density at radius 1 is 1.19 bits per heavy atom. The third-order valence-electron chi connectivity index (χ3n) is 4.11. The predicted molar refractivity (Wildman–Crippen MR) is 124 cm³/mol. The van der Waals surface area contributed by atoms with Crippen molar-refractivity contribution in [2.75, 3.05) is 6.26 Å². The lowest BCUT2D eigenvalue weighted by Gasteiger charge is -2.17. The number of hydrogen-bond donors (Lipinski definition) is 0. The van der Waals surface area contributed by atoms with Gasteiger partial charge in [0.05, 0.1) is 0 Å². The zero-order valence-corrected chi connectivity index (χ0v) is 18.7. The molecule has 2 aliphatic rings. The fraction of sp³-hybridized carbons (Fsp3) is 0.375. The Kier molecular flexibility index (Phi) is 9.16. The molecule has 0 amide bonds. The van der Waals surface area contributed by atoms with Gasteiger partial charge in [-0.15, -0.1) is 0 Å². The summed E-state index contributed by atoms with van der Waals surface area (Å²) in [6.07, 6.45) is 12.4. The molecule has 0 heterocycles. The first kappa shape index (κ1) is 23.3. The van der Waals surface area contributed by atoms with Crippen molar-refractivity contribution in [1.82, 2.24) is 0 Å². The summed E-state index contributed by atoms with van der Waals surface area (Å²) in [5.74, 6) is 9.37. The fourth-order valence-electron chi connectivity index (χ4n) is 2.69. The maximum Gasteiger partial charge on any atom is 0.0451 e. The Bertz CT molecular complexity index is 871. The molecule has 0 N–H and O–H groups in total. The second-order valence-corrected chi connectivity index (χ2v) is 10.2. The van der Waals surface area contributed by atoms with E-state index in [0.717, 1.165) is 22.8 Å². The molecular weight excluding hydrogens is 372 g/mol. The lowest BCUT2D eigenvalue weighted by Crippen LogP contribution is -2.04. The van der Waals surface area contributed by atoms with E-state index in [1.807, 2.05) is 38.1 Å². The van der Waals surface area contributed by atoms with E-state index in [0.29, 0.717) is 11.8 Å². The number of hydrogen-bond acceptors (Lipinski definition) is 1. The van der Waals surface area contributed by atoms with Gasteiger partial charge < -0.3 is 0 Å². The summed E-state index contributed by atoms with van der Waals surface area (Å²) in [7, 11) is -2.09. The van der Waals surface area contributed by atoms with Crippen LogP contribution < -0.4 is 0 Å². The third-order valence-corrected chi connectivity index (χ3v) is 5.64. The van der Waals surface area contributed by atoms with Gasteiger partial charge in [-0.1, -0.05) is 75.4 Å². The van der Waals surface area contributed by atoms with E-state index in [1.165, 1.54) is 11.1 Å². The molecule has 1 aromatic rings. The van der Waals surface area contributed by atoms with Crippen LogP contribution in [-0.4, -0.2) is 16.3 Å². The summed E-state index contributed by atoms with van der Waals surface area (Å²) in [5.41, 5.74) is 3.05. The molecule has 27 heavy (non-hydrogen) atoms. The van der Waals surface area contributed by atoms with Gasteiger partial charge in [0.25, 0.3) is 0 Å². The molecule has 3 heteroatoms. The van der Waals surface area contributed by atoms with Crippen molar-refractivity contribution in [3.63, 3.8) is 0 Å². The molecule has 0 saturated heterocycles. The number of allylic oxidation sites excluding steroid dienone is 6. The molecule has 1 aromatic carbocycles. The third kappa shape index (κ3) is 8.24. The van der Waals surface area contributed by atoms with Crippen molar-refractivity contribution < 1.29 is 4.21 Å². The van der Waals surface area contributed by atoms with Crippen molar-refractivity contribution in [3.05, 3.63) is 59.2 Å². The monoisotopic (exact) mass is 402 g/mol. The molecule has 1 atom stereocenters. The molecule has 2 aliphatic carbocycles. The minimum absolute atomic E-state index is 0.388. The van der Waals surface area contributed by atoms with Gasteiger partial charge in [-0.3, -0.25) is 4.21 Å². The molecule has 0 radical (unpaired) electrons. The van der Waals surface area contributed by atoms with Gasteiger partial charge >= 0.3 is 0 Å². The van der Waals surface area contributed by atoms with Gasteiger partial charge in [0.2, 0.25) is 0 Å². The summed E-state index contributed by atoms with van der Waals surface area (Å²) in [6, 6.07) is 8.02. The minimum Gasteiger partial charge on any atom is -0.263 e. The fourth-order valence-corrected chi connectivity index (χ4v) is 3.54. The first-order valence-electron chi connectivity index (χ1n) is 9.29. The molecule has 0 aromatic heterocycles. The van der Waals surface area contributed by atoms with Crippen LogP contribution in [0, 0.1) is 17.3 Å². The Morgan fingerprint density at radius 2 is 1.81 bits per heavy atom. The van der Waals surface area contributed by atoms with Crippen LogP contribution in [0.4, 0.5) is 0 Å².